The Morgan fingerprint density at radius 1 is 1.26 bits per heavy atom. The lowest BCUT2D eigenvalue weighted by molar-refractivity contribution is -0.136. The fraction of sp³-hybridized carbons (Fsp3) is 0.467. The van der Waals surface area contributed by atoms with Gasteiger partial charge in [0.15, 0.2) is 0 Å². The van der Waals surface area contributed by atoms with Crippen LogP contribution in [0.4, 0.5) is 0 Å². The molecule has 4 nitrogen and oxygen atoms in total. The average Bonchev–Trinajstić information content (AvgIpc) is 2.27. The van der Waals surface area contributed by atoms with E-state index < -0.39 is 5.97 Å². The van der Waals surface area contributed by atoms with Crippen LogP contribution in [0.2, 0.25) is 0 Å². The minimum absolute atomic E-state index is 0.141. The van der Waals surface area contributed by atoms with Gasteiger partial charge in [0.05, 0.1) is 6.42 Å². The normalized spacial score (nSPS) is 11.1. The second-order valence-corrected chi connectivity index (χ2v) is 5.32. The van der Waals surface area contributed by atoms with Crippen molar-refractivity contribution in [3.63, 3.8) is 0 Å². The maximum atomic E-state index is 12.2. The van der Waals surface area contributed by atoms with Gasteiger partial charge < -0.3 is 10.4 Å². The molecule has 1 aromatic rings. The summed E-state index contributed by atoms with van der Waals surface area (Å²) in [6, 6.07) is 6.82. The van der Waals surface area contributed by atoms with Crippen LogP contribution in [0.3, 0.4) is 0 Å². The van der Waals surface area contributed by atoms with Gasteiger partial charge >= 0.3 is 5.97 Å². The highest BCUT2D eigenvalue weighted by Gasteiger charge is 2.21. The van der Waals surface area contributed by atoms with E-state index in [0.717, 1.165) is 12.8 Å². The Balaban J connectivity index is 2.90. The highest BCUT2D eigenvalue weighted by Crippen LogP contribution is 2.15. The molecule has 19 heavy (non-hydrogen) atoms. The molecule has 0 bridgehead atoms. The summed E-state index contributed by atoms with van der Waals surface area (Å²) in [5.74, 6) is -1.15. The van der Waals surface area contributed by atoms with E-state index in [1.165, 1.54) is 0 Å². The largest absolute Gasteiger partial charge is 0.481 e. The van der Waals surface area contributed by atoms with Crippen LogP contribution in [-0.4, -0.2) is 22.5 Å². The second kappa shape index (κ2) is 6.36. The number of hydrogen-bond donors (Lipinski definition) is 2. The highest BCUT2D eigenvalue weighted by atomic mass is 16.4. The summed E-state index contributed by atoms with van der Waals surface area (Å²) in [5, 5.41) is 11.8. The van der Waals surface area contributed by atoms with Gasteiger partial charge in [-0.3, -0.25) is 9.59 Å². The van der Waals surface area contributed by atoms with Crippen LogP contribution in [0, 0.1) is 0 Å². The number of rotatable bonds is 6. The molecule has 0 aromatic heterocycles. The molecule has 104 valence electrons. The quantitative estimate of drug-likeness (QED) is 0.829. The van der Waals surface area contributed by atoms with E-state index in [-0.39, 0.29) is 17.9 Å². The van der Waals surface area contributed by atoms with E-state index in [9.17, 15) is 9.59 Å². The van der Waals surface area contributed by atoms with Gasteiger partial charge in [0.2, 0.25) is 0 Å². The van der Waals surface area contributed by atoms with Crippen LogP contribution in [0.15, 0.2) is 24.3 Å². The smallest absolute Gasteiger partial charge is 0.307 e. The first-order chi connectivity index (χ1) is 8.85. The van der Waals surface area contributed by atoms with Gasteiger partial charge in [-0.1, -0.05) is 31.5 Å². The summed E-state index contributed by atoms with van der Waals surface area (Å²) >= 11 is 0. The van der Waals surface area contributed by atoms with Crippen LogP contribution in [0.1, 0.15) is 49.5 Å². The van der Waals surface area contributed by atoms with Crippen molar-refractivity contribution in [2.45, 2.75) is 45.6 Å². The maximum absolute atomic E-state index is 12.2. The van der Waals surface area contributed by atoms with E-state index in [0.29, 0.717) is 11.1 Å². The molecule has 0 saturated heterocycles. The van der Waals surface area contributed by atoms with Crippen LogP contribution in [0.5, 0.6) is 0 Å². The Morgan fingerprint density at radius 3 is 2.47 bits per heavy atom. The van der Waals surface area contributed by atoms with Gasteiger partial charge in [0, 0.05) is 11.1 Å². The SMILES string of the molecule is CCCC(C)(C)NC(=O)c1ccccc1CC(=O)O. The van der Waals surface area contributed by atoms with E-state index in [1.807, 2.05) is 13.8 Å². The molecule has 1 rings (SSSR count). The molecule has 2 N–H and O–H groups in total. The topological polar surface area (TPSA) is 66.4 Å². The van der Waals surface area contributed by atoms with Gasteiger partial charge in [-0.25, -0.2) is 0 Å². The number of carboxylic acid groups (broad SMARTS) is 1. The van der Waals surface area contributed by atoms with Crippen molar-refractivity contribution >= 4 is 11.9 Å². The van der Waals surface area contributed by atoms with Crippen LogP contribution >= 0.6 is 0 Å². The lowest BCUT2D eigenvalue weighted by atomic mass is 9.97. The summed E-state index contributed by atoms with van der Waals surface area (Å²) in [4.78, 5) is 23.0. The molecule has 0 spiro atoms. The molecule has 0 radical (unpaired) electrons. The van der Waals surface area contributed by atoms with Crippen LogP contribution in [-0.2, 0) is 11.2 Å². The van der Waals surface area contributed by atoms with Gasteiger partial charge in [-0.15, -0.1) is 0 Å². The third kappa shape index (κ3) is 4.73. The molecule has 0 aliphatic rings. The zero-order chi connectivity index (χ0) is 14.5. The maximum Gasteiger partial charge on any atom is 0.307 e. The number of benzene rings is 1. The standard InChI is InChI=1S/C15H21NO3/c1-4-9-15(2,3)16-14(19)12-8-6-5-7-11(12)10-13(17)18/h5-8H,4,9-10H2,1-3H3,(H,16,19)(H,17,18). The second-order valence-electron chi connectivity index (χ2n) is 5.32. The molecule has 0 unspecified atom stereocenters. The number of carbonyl (C=O) groups excluding carboxylic acids is 1. The van der Waals surface area contributed by atoms with Crippen molar-refractivity contribution in [1.29, 1.82) is 0 Å². The average molecular weight is 263 g/mol. The molecule has 0 aliphatic heterocycles. The molecule has 0 aliphatic carbocycles. The van der Waals surface area contributed by atoms with E-state index in [2.05, 4.69) is 12.2 Å². The zero-order valence-corrected chi connectivity index (χ0v) is 11.7. The summed E-state index contributed by atoms with van der Waals surface area (Å²) < 4.78 is 0. The van der Waals surface area contributed by atoms with E-state index in [4.69, 9.17) is 5.11 Å². The minimum atomic E-state index is -0.937. The number of amides is 1. The van der Waals surface area contributed by atoms with Crippen molar-refractivity contribution in [2.75, 3.05) is 0 Å². The minimum Gasteiger partial charge on any atom is -0.481 e. The number of carboxylic acids is 1. The Kier molecular flexibility index (Phi) is 5.10. The molecule has 0 heterocycles. The van der Waals surface area contributed by atoms with E-state index >= 15 is 0 Å². The number of nitrogens with one attached hydrogen (secondary N) is 1. The summed E-state index contributed by atoms with van der Waals surface area (Å²) in [6.07, 6.45) is 1.71. The van der Waals surface area contributed by atoms with E-state index in [1.54, 1.807) is 24.3 Å². The number of aliphatic carboxylic acids is 1. The van der Waals surface area contributed by atoms with Gasteiger partial charge in [-0.2, -0.15) is 0 Å². The summed E-state index contributed by atoms with van der Waals surface area (Å²) in [5.41, 5.74) is 0.691. The molecule has 4 heteroatoms. The van der Waals surface area contributed by atoms with Crippen molar-refractivity contribution in [1.82, 2.24) is 5.32 Å². The third-order valence-corrected chi connectivity index (χ3v) is 2.93. The Morgan fingerprint density at radius 2 is 1.89 bits per heavy atom. The molecular weight excluding hydrogens is 242 g/mol. The zero-order valence-electron chi connectivity index (χ0n) is 11.7. The summed E-state index contributed by atoms with van der Waals surface area (Å²) in [7, 11) is 0. The lowest BCUT2D eigenvalue weighted by Gasteiger charge is -2.26. The number of hydrogen-bond acceptors (Lipinski definition) is 2. The van der Waals surface area contributed by atoms with Gasteiger partial charge in [-0.05, 0) is 31.9 Å². The third-order valence-electron chi connectivity index (χ3n) is 2.93. The first-order valence-electron chi connectivity index (χ1n) is 6.48. The number of carbonyl (C=O) groups is 2. The Hall–Kier alpha value is -1.84. The molecule has 0 saturated carbocycles. The predicted molar refractivity (Wildman–Crippen MR) is 74.2 cm³/mol. The van der Waals surface area contributed by atoms with Gasteiger partial charge in [0.25, 0.3) is 5.91 Å². The monoisotopic (exact) mass is 263 g/mol. The Bertz CT molecular complexity index is 466. The van der Waals surface area contributed by atoms with Crippen molar-refractivity contribution in [2.24, 2.45) is 0 Å². The molecule has 1 amide bonds. The molecule has 1 aromatic carbocycles. The first-order valence-corrected chi connectivity index (χ1v) is 6.48. The van der Waals surface area contributed by atoms with Crippen molar-refractivity contribution in [3.8, 4) is 0 Å². The van der Waals surface area contributed by atoms with Crippen molar-refractivity contribution < 1.29 is 14.7 Å². The Labute approximate surface area is 113 Å². The van der Waals surface area contributed by atoms with Crippen LogP contribution in [0.25, 0.3) is 0 Å². The fourth-order valence-corrected chi connectivity index (χ4v) is 2.12. The predicted octanol–water partition coefficient (Wildman–Crippen LogP) is 2.62. The molecule has 0 fully saturated rings. The lowest BCUT2D eigenvalue weighted by Crippen LogP contribution is -2.43. The van der Waals surface area contributed by atoms with Crippen LogP contribution < -0.4 is 5.32 Å². The first kappa shape index (κ1) is 15.2. The van der Waals surface area contributed by atoms with Crippen molar-refractivity contribution in [3.05, 3.63) is 35.4 Å². The fourth-order valence-electron chi connectivity index (χ4n) is 2.12. The highest BCUT2D eigenvalue weighted by molar-refractivity contribution is 5.97. The molecular formula is C15H21NO3. The van der Waals surface area contributed by atoms with Gasteiger partial charge in [0.1, 0.15) is 0 Å². The molecule has 0 atom stereocenters. The summed E-state index contributed by atoms with van der Waals surface area (Å²) in [6.45, 7) is 5.99.